The summed E-state index contributed by atoms with van der Waals surface area (Å²) in [6.07, 6.45) is -3.25. The van der Waals surface area contributed by atoms with E-state index in [1.54, 1.807) is 0 Å². The van der Waals surface area contributed by atoms with Crippen molar-refractivity contribution in [2.75, 3.05) is 0 Å². The second kappa shape index (κ2) is 5.09. The fraction of sp³-hybridized carbons (Fsp3) is 0.667. The third-order valence-corrected chi connectivity index (χ3v) is 1.96. The summed E-state index contributed by atoms with van der Waals surface area (Å²) in [6.45, 7) is 3.80. The number of alkyl halides is 3. The van der Waals surface area contributed by atoms with Crippen LogP contribution in [0.2, 0.25) is 0 Å². The Balaban J connectivity index is 3.07. The standard InChI is InChI=1S/C9H12F3N5/c1-6(2)4-17-5-7(3-14-16-13)8(15-17)9(10,11)12/h5-6H,3-4H2,1-2H3. The van der Waals surface area contributed by atoms with Gasteiger partial charge in [0.2, 0.25) is 0 Å². The Morgan fingerprint density at radius 2 is 2.18 bits per heavy atom. The number of azide groups is 1. The van der Waals surface area contributed by atoms with E-state index in [0.717, 1.165) is 0 Å². The van der Waals surface area contributed by atoms with Gasteiger partial charge in [-0.3, -0.25) is 4.68 Å². The van der Waals surface area contributed by atoms with Crippen LogP contribution in [0.15, 0.2) is 11.3 Å². The first kappa shape index (κ1) is 13.4. The van der Waals surface area contributed by atoms with Gasteiger partial charge in [-0.05, 0) is 11.4 Å². The summed E-state index contributed by atoms with van der Waals surface area (Å²) in [5.41, 5.74) is 7.04. The Bertz CT molecular complexity index is 428. The van der Waals surface area contributed by atoms with Gasteiger partial charge in [-0.2, -0.15) is 18.3 Å². The summed E-state index contributed by atoms with van der Waals surface area (Å²) in [5.74, 6) is 0.184. The molecule has 0 N–H and O–H groups in total. The highest BCUT2D eigenvalue weighted by atomic mass is 19.4. The van der Waals surface area contributed by atoms with Crippen molar-refractivity contribution in [3.8, 4) is 0 Å². The number of rotatable bonds is 4. The molecule has 1 heterocycles. The molecule has 0 bridgehead atoms. The van der Waals surface area contributed by atoms with Crippen molar-refractivity contribution in [2.45, 2.75) is 33.1 Å². The molecule has 5 nitrogen and oxygen atoms in total. The molecule has 1 rings (SSSR count). The molecule has 0 saturated heterocycles. The third-order valence-electron chi connectivity index (χ3n) is 1.96. The van der Waals surface area contributed by atoms with Crippen molar-refractivity contribution in [3.63, 3.8) is 0 Å². The van der Waals surface area contributed by atoms with Crippen molar-refractivity contribution in [2.24, 2.45) is 11.0 Å². The van der Waals surface area contributed by atoms with Crippen LogP contribution < -0.4 is 0 Å². The zero-order valence-electron chi connectivity index (χ0n) is 9.44. The van der Waals surface area contributed by atoms with Crippen LogP contribution in [-0.4, -0.2) is 9.78 Å². The molecule has 0 unspecified atom stereocenters. The van der Waals surface area contributed by atoms with Crippen molar-refractivity contribution in [3.05, 3.63) is 27.9 Å². The first-order valence-electron chi connectivity index (χ1n) is 4.99. The molecule has 1 aromatic rings. The van der Waals surface area contributed by atoms with Gasteiger partial charge in [0.15, 0.2) is 5.69 Å². The molecule has 94 valence electrons. The Labute approximate surface area is 95.9 Å². The Morgan fingerprint density at radius 1 is 1.53 bits per heavy atom. The van der Waals surface area contributed by atoms with Crippen LogP contribution in [0.4, 0.5) is 13.2 Å². The maximum Gasteiger partial charge on any atom is 0.435 e. The first-order chi connectivity index (χ1) is 7.84. The number of nitrogens with zero attached hydrogens (tertiary/aromatic N) is 5. The van der Waals surface area contributed by atoms with Crippen LogP contribution in [0, 0.1) is 5.92 Å². The van der Waals surface area contributed by atoms with Crippen LogP contribution in [0.25, 0.3) is 10.4 Å². The Morgan fingerprint density at radius 3 is 2.65 bits per heavy atom. The highest BCUT2D eigenvalue weighted by Crippen LogP contribution is 2.31. The Hall–Kier alpha value is -1.69. The van der Waals surface area contributed by atoms with Gasteiger partial charge >= 0.3 is 6.18 Å². The number of halogens is 3. The zero-order valence-corrected chi connectivity index (χ0v) is 9.44. The second-order valence-electron chi connectivity index (χ2n) is 4.01. The van der Waals surface area contributed by atoms with Crippen molar-refractivity contribution in [1.82, 2.24) is 9.78 Å². The normalized spacial score (nSPS) is 11.6. The minimum absolute atomic E-state index is 0.101. The smallest absolute Gasteiger partial charge is 0.272 e. The van der Waals surface area contributed by atoms with Crippen LogP contribution in [-0.2, 0) is 19.3 Å². The highest BCUT2D eigenvalue weighted by Gasteiger charge is 2.36. The van der Waals surface area contributed by atoms with Crippen molar-refractivity contribution < 1.29 is 13.2 Å². The predicted octanol–water partition coefficient (Wildman–Crippen LogP) is 3.37. The van der Waals surface area contributed by atoms with E-state index in [2.05, 4.69) is 15.1 Å². The van der Waals surface area contributed by atoms with Crippen LogP contribution in [0.1, 0.15) is 25.1 Å². The summed E-state index contributed by atoms with van der Waals surface area (Å²) in [7, 11) is 0. The average Bonchev–Trinajstić information content (AvgIpc) is 2.56. The van der Waals surface area contributed by atoms with Crippen LogP contribution in [0.3, 0.4) is 0 Å². The minimum Gasteiger partial charge on any atom is -0.272 e. The molecule has 17 heavy (non-hydrogen) atoms. The van der Waals surface area contributed by atoms with E-state index in [-0.39, 0.29) is 18.0 Å². The van der Waals surface area contributed by atoms with Crippen molar-refractivity contribution >= 4 is 0 Å². The highest BCUT2D eigenvalue weighted by molar-refractivity contribution is 5.20. The topological polar surface area (TPSA) is 66.6 Å². The lowest BCUT2D eigenvalue weighted by Crippen LogP contribution is -2.11. The fourth-order valence-corrected chi connectivity index (χ4v) is 1.39. The molecule has 0 fully saturated rings. The van der Waals surface area contributed by atoms with Gasteiger partial charge < -0.3 is 0 Å². The van der Waals surface area contributed by atoms with Gasteiger partial charge in [-0.1, -0.05) is 19.0 Å². The summed E-state index contributed by atoms with van der Waals surface area (Å²) in [5, 5.41) is 6.62. The zero-order chi connectivity index (χ0) is 13.1. The lowest BCUT2D eigenvalue weighted by atomic mass is 10.2. The van der Waals surface area contributed by atoms with Crippen LogP contribution >= 0.6 is 0 Å². The van der Waals surface area contributed by atoms with Crippen LogP contribution in [0.5, 0.6) is 0 Å². The number of hydrogen-bond donors (Lipinski definition) is 0. The maximum absolute atomic E-state index is 12.6. The molecule has 0 aliphatic carbocycles. The summed E-state index contributed by atoms with van der Waals surface area (Å²) in [4.78, 5) is 2.44. The van der Waals surface area contributed by atoms with E-state index in [0.29, 0.717) is 6.54 Å². The maximum atomic E-state index is 12.6. The average molecular weight is 247 g/mol. The molecule has 0 aromatic carbocycles. The molecule has 0 aliphatic heterocycles. The quantitative estimate of drug-likeness (QED) is 0.457. The van der Waals surface area contributed by atoms with E-state index in [1.165, 1.54) is 10.9 Å². The summed E-state index contributed by atoms with van der Waals surface area (Å²) >= 11 is 0. The van der Waals surface area contributed by atoms with Gasteiger partial charge in [0.25, 0.3) is 0 Å². The van der Waals surface area contributed by atoms with Gasteiger partial charge in [0.1, 0.15) is 0 Å². The fourth-order valence-electron chi connectivity index (χ4n) is 1.39. The molecule has 0 saturated carbocycles. The lowest BCUT2D eigenvalue weighted by Gasteiger charge is -2.05. The molecule has 1 aromatic heterocycles. The number of hydrogen-bond acceptors (Lipinski definition) is 2. The molecule has 8 heteroatoms. The molecule has 0 amide bonds. The van der Waals surface area contributed by atoms with Crippen molar-refractivity contribution in [1.29, 1.82) is 0 Å². The van der Waals surface area contributed by atoms with Gasteiger partial charge in [-0.25, -0.2) is 0 Å². The summed E-state index contributed by atoms with van der Waals surface area (Å²) in [6, 6.07) is 0. The molecule has 0 spiro atoms. The molecule has 0 radical (unpaired) electrons. The lowest BCUT2D eigenvalue weighted by molar-refractivity contribution is -0.142. The first-order valence-corrected chi connectivity index (χ1v) is 4.99. The third kappa shape index (κ3) is 3.67. The molecule has 0 atom stereocenters. The SMILES string of the molecule is CC(C)Cn1cc(CN=[N+]=[N-])c(C(F)(F)F)n1. The molecular formula is C9H12F3N5. The number of aromatic nitrogens is 2. The van der Waals surface area contributed by atoms with E-state index in [9.17, 15) is 13.2 Å². The van der Waals surface area contributed by atoms with E-state index < -0.39 is 11.9 Å². The second-order valence-corrected chi connectivity index (χ2v) is 4.01. The van der Waals surface area contributed by atoms with Gasteiger partial charge in [0.05, 0.1) is 6.54 Å². The van der Waals surface area contributed by atoms with Gasteiger partial charge in [0, 0.05) is 23.2 Å². The monoisotopic (exact) mass is 247 g/mol. The molecule has 0 aliphatic rings. The van der Waals surface area contributed by atoms with E-state index in [4.69, 9.17) is 5.53 Å². The van der Waals surface area contributed by atoms with E-state index >= 15 is 0 Å². The summed E-state index contributed by atoms with van der Waals surface area (Å²) < 4.78 is 39.1. The predicted molar refractivity (Wildman–Crippen MR) is 54.9 cm³/mol. The molecular weight excluding hydrogens is 235 g/mol. The van der Waals surface area contributed by atoms with Gasteiger partial charge in [-0.15, -0.1) is 0 Å². The minimum atomic E-state index is -4.53. The van der Waals surface area contributed by atoms with E-state index in [1.807, 2.05) is 13.8 Å². The largest absolute Gasteiger partial charge is 0.435 e. The Kier molecular flexibility index (Phi) is 4.01.